The topological polar surface area (TPSA) is 47.4 Å². The Morgan fingerprint density at radius 2 is 2.41 bits per heavy atom. The average Bonchev–Trinajstić information content (AvgIpc) is 2.75. The number of carbonyl (C=O) groups excluding carboxylic acids is 1. The molecule has 0 saturated carbocycles. The number of aromatic nitrogens is 2. The largest absolute Gasteiger partial charge is 0.383 e. The number of hydrogen-bond acceptors (Lipinski definition) is 3. The van der Waals surface area contributed by atoms with Crippen molar-refractivity contribution in [2.75, 3.05) is 26.8 Å². The van der Waals surface area contributed by atoms with Crippen LogP contribution in [0.15, 0.2) is 12.4 Å². The van der Waals surface area contributed by atoms with E-state index in [4.69, 9.17) is 16.3 Å². The summed E-state index contributed by atoms with van der Waals surface area (Å²) in [4.78, 5) is 13.9. The van der Waals surface area contributed by atoms with Crippen LogP contribution in [0.1, 0.15) is 19.9 Å². The van der Waals surface area contributed by atoms with Crippen LogP contribution in [0.4, 0.5) is 0 Å². The molecular weight excluding hydrogens is 242 g/mol. The second-order valence-electron chi connectivity index (χ2n) is 3.73. The molecule has 0 aliphatic carbocycles. The zero-order valence-corrected chi connectivity index (χ0v) is 11.1. The first-order chi connectivity index (χ1) is 8.10. The Labute approximate surface area is 106 Å². The van der Waals surface area contributed by atoms with Crippen LogP contribution in [0.2, 0.25) is 5.02 Å². The number of methoxy groups -OCH3 is 1. The molecule has 5 nitrogen and oxygen atoms in total. The summed E-state index contributed by atoms with van der Waals surface area (Å²) in [5.41, 5.74) is 0. The molecule has 1 rings (SSSR count). The number of carbonyl (C=O) groups is 1. The molecule has 0 aromatic carbocycles. The number of rotatable bonds is 6. The summed E-state index contributed by atoms with van der Waals surface area (Å²) in [5.74, 6) is 0.0179. The smallest absolute Gasteiger partial charge is 0.247 e. The third kappa shape index (κ3) is 3.71. The van der Waals surface area contributed by atoms with E-state index in [2.05, 4.69) is 5.10 Å². The lowest BCUT2D eigenvalue weighted by Crippen LogP contribution is -2.38. The summed E-state index contributed by atoms with van der Waals surface area (Å²) >= 11 is 5.78. The molecule has 1 atom stereocenters. The van der Waals surface area contributed by atoms with E-state index in [1.54, 1.807) is 29.8 Å². The van der Waals surface area contributed by atoms with Gasteiger partial charge in [-0.2, -0.15) is 5.10 Å². The zero-order valence-electron chi connectivity index (χ0n) is 10.4. The molecule has 0 fully saturated rings. The fraction of sp³-hybridized carbons (Fsp3) is 0.636. The number of amides is 1. The maximum Gasteiger partial charge on any atom is 0.247 e. The first-order valence-electron chi connectivity index (χ1n) is 5.57. The van der Waals surface area contributed by atoms with Gasteiger partial charge in [0.2, 0.25) is 5.91 Å². The third-order valence-corrected chi connectivity index (χ3v) is 2.78. The van der Waals surface area contributed by atoms with E-state index in [1.807, 2.05) is 6.92 Å². The Balaban J connectivity index is 2.66. The van der Waals surface area contributed by atoms with E-state index in [9.17, 15) is 4.79 Å². The number of nitrogens with zero attached hydrogens (tertiary/aromatic N) is 3. The van der Waals surface area contributed by atoms with Gasteiger partial charge in [0.25, 0.3) is 0 Å². The molecule has 1 heterocycles. The second kappa shape index (κ2) is 6.61. The van der Waals surface area contributed by atoms with Gasteiger partial charge in [-0.3, -0.25) is 9.48 Å². The van der Waals surface area contributed by atoms with Gasteiger partial charge >= 0.3 is 0 Å². The van der Waals surface area contributed by atoms with Crippen molar-refractivity contribution in [2.45, 2.75) is 19.9 Å². The van der Waals surface area contributed by atoms with Gasteiger partial charge in [-0.05, 0) is 13.8 Å². The van der Waals surface area contributed by atoms with Crippen molar-refractivity contribution in [3.63, 3.8) is 0 Å². The molecule has 0 aliphatic rings. The quantitative estimate of drug-likeness (QED) is 0.780. The maximum atomic E-state index is 12.2. The number of hydrogen-bond donors (Lipinski definition) is 0. The zero-order chi connectivity index (χ0) is 12.8. The highest BCUT2D eigenvalue weighted by Crippen LogP contribution is 2.13. The van der Waals surface area contributed by atoms with E-state index in [-0.39, 0.29) is 11.9 Å². The first-order valence-corrected chi connectivity index (χ1v) is 5.95. The summed E-state index contributed by atoms with van der Waals surface area (Å²) in [6, 6.07) is -0.348. The van der Waals surface area contributed by atoms with E-state index in [0.29, 0.717) is 24.7 Å². The van der Waals surface area contributed by atoms with Crippen molar-refractivity contribution in [1.29, 1.82) is 0 Å². The molecule has 0 unspecified atom stereocenters. The Morgan fingerprint density at radius 1 is 1.71 bits per heavy atom. The lowest BCUT2D eigenvalue weighted by molar-refractivity contribution is -0.135. The summed E-state index contributed by atoms with van der Waals surface area (Å²) in [7, 11) is 1.62. The average molecular weight is 260 g/mol. The predicted molar refractivity (Wildman–Crippen MR) is 66.1 cm³/mol. The van der Waals surface area contributed by atoms with Gasteiger partial charge in [-0.1, -0.05) is 11.6 Å². The molecule has 1 amide bonds. The molecule has 0 aliphatic heterocycles. The molecule has 1 aromatic rings. The lowest BCUT2D eigenvalue weighted by Gasteiger charge is -2.24. The summed E-state index contributed by atoms with van der Waals surface area (Å²) in [5, 5.41) is 4.57. The molecule has 17 heavy (non-hydrogen) atoms. The third-order valence-electron chi connectivity index (χ3n) is 2.58. The van der Waals surface area contributed by atoms with Crippen molar-refractivity contribution < 1.29 is 9.53 Å². The van der Waals surface area contributed by atoms with E-state index in [0.717, 1.165) is 0 Å². The van der Waals surface area contributed by atoms with Crippen molar-refractivity contribution in [2.24, 2.45) is 0 Å². The molecule has 96 valence electrons. The minimum atomic E-state index is -0.348. The van der Waals surface area contributed by atoms with Crippen molar-refractivity contribution in [1.82, 2.24) is 14.7 Å². The second-order valence-corrected chi connectivity index (χ2v) is 4.16. The number of halogens is 1. The van der Waals surface area contributed by atoms with Crippen LogP contribution in [0, 0.1) is 0 Å². The minimum Gasteiger partial charge on any atom is -0.383 e. The maximum absolute atomic E-state index is 12.2. The Bertz CT molecular complexity index is 367. The van der Waals surface area contributed by atoms with E-state index in [1.165, 1.54) is 6.20 Å². The van der Waals surface area contributed by atoms with Crippen molar-refractivity contribution in [3.05, 3.63) is 17.4 Å². The Kier molecular flexibility index (Phi) is 5.44. The molecule has 0 radical (unpaired) electrons. The van der Waals surface area contributed by atoms with Gasteiger partial charge in [0.15, 0.2) is 0 Å². The molecule has 6 heteroatoms. The van der Waals surface area contributed by atoms with Crippen LogP contribution >= 0.6 is 11.6 Å². The van der Waals surface area contributed by atoms with Crippen LogP contribution in [0.5, 0.6) is 0 Å². The highest BCUT2D eigenvalue weighted by molar-refractivity contribution is 6.30. The van der Waals surface area contributed by atoms with Gasteiger partial charge in [-0.25, -0.2) is 0 Å². The van der Waals surface area contributed by atoms with Crippen molar-refractivity contribution in [3.8, 4) is 0 Å². The van der Waals surface area contributed by atoms with Gasteiger partial charge in [0.1, 0.15) is 6.04 Å². The standard InChI is InChI=1S/C11H18ClN3O2/c1-4-14(5-6-17-3)11(16)9(2)15-8-10(12)7-13-15/h7-9H,4-6H2,1-3H3/t9-/m0/s1. The SMILES string of the molecule is CCN(CCOC)C(=O)[C@H](C)n1cc(Cl)cn1. The van der Waals surface area contributed by atoms with Crippen LogP contribution in [-0.2, 0) is 9.53 Å². The molecule has 1 aromatic heterocycles. The fourth-order valence-electron chi connectivity index (χ4n) is 1.53. The molecule has 0 spiro atoms. The first kappa shape index (κ1) is 14.0. The summed E-state index contributed by atoms with van der Waals surface area (Å²) in [6.07, 6.45) is 3.17. The lowest BCUT2D eigenvalue weighted by atomic mass is 10.3. The van der Waals surface area contributed by atoms with Crippen molar-refractivity contribution >= 4 is 17.5 Å². The number of ether oxygens (including phenoxy) is 1. The number of likely N-dealkylation sites (N-methyl/N-ethyl adjacent to an activating group) is 1. The fourth-order valence-corrected chi connectivity index (χ4v) is 1.67. The van der Waals surface area contributed by atoms with Gasteiger partial charge < -0.3 is 9.64 Å². The van der Waals surface area contributed by atoms with E-state index >= 15 is 0 Å². The Morgan fingerprint density at radius 3 is 2.88 bits per heavy atom. The molecule has 0 bridgehead atoms. The summed E-state index contributed by atoms with van der Waals surface area (Å²) in [6.45, 7) is 5.52. The monoisotopic (exact) mass is 259 g/mol. The van der Waals surface area contributed by atoms with Crippen LogP contribution in [0.25, 0.3) is 0 Å². The van der Waals surface area contributed by atoms with Crippen LogP contribution in [-0.4, -0.2) is 47.4 Å². The Hall–Kier alpha value is -1.07. The van der Waals surface area contributed by atoms with Gasteiger partial charge in [0.05, 0.1) is 17.8 Å². The molecular formula is C11H18ClN3O2. The van der Waals surface area contributed by atoms with E-state index < -0.39 is 0 Å². The van der Waals surface area contributed by atoms with Gasteiger partial charge in [-0.15, -0.1) is 0 Å². The highest BCUT2D eigenvalue weighted by Gasteiger charge is 2.21. The summed E-state index contributed by atoms with van der Waals surface area (Å²) < 4.78 is 6.55. The van der Waals surface area contributed by atoms with Crippen LogP contribution < -0.4 is 0 Å². The highest BCUT2D eigenvalue weighted by atomic mass is 35.5. The van der Waals surface area contributed by atoms with Gasteiger partial charge in [0, 0.05) is 26.4 Å². The minimum absolute atomic E-state index is 0.0179. The predicted octanol–water partition coefficient (Wildman–Crippen LogP) is 1.59. The normalized spacial score (nSPS) is 12.5. The van der Waals surface area contributed by atoms with Crippen LogP contribution in [0.3, 0.4) is 0 Å². The molecule has 0 N–H and O–H groups in total. The molecule has 0 saturated heterocycles.